The predicted octanol–water partition coefficient (Wildman–Crippen LogP) is 0.589. The second kappa shape index (κ2) is 5.25. The Bertz CT molecular complexity index is 379. The van der Waals surface area contributed by atoms with Crippen molar-refractivity contribution in [2.24, 2.45) is 5.73 Å². The fourth-order valence-corrected chi connectivity index (χ4v) is 1.40. The number of hydrogen-bond acceptors (Lipinski definition) is 4. The molecule has 0 aliphatic rings. The maximum absolute atomic E-state index is 10.8. The smallest absolute Gasteiger partial charge is 0.236 e. The Labute approximate surface area is 95.0 Å². The summed E-state index contributed by atoms with van der Waals surface area (Å²) in [6, 6.07) is 5.33. The molecule has 0 atom stereocenters. The third-order valence-corrected chi connectivity index (χ3v) is 2.06. The molecule has 0 saturated heterocycles. The molecule has 1 amide bonds. The zero-order chi connectivity index (χ0) is 12.1. The first-order chi connectivity index (χ1) is 7.52. The number of nitrogens with zero attached hydrogens (tertiary/aromatic N) is 1. The van der Waals surface area contributed by atoms with Crippen LogP contribution < -0.4 is 21.1 Å². The van der Waals surface area contributed by atoms with Crippen LogP contribution in [0, 0.1) is 0 Å². The molecular weight excluding hydrogens is 206 g/mol. The Balaban J connectivity index is 2.90. The van der Waals surface area contributed by atoms with E-state index in [-0.39, 0.29) is 12.5 Å². The van der Waals surface area contributed by atoms with Crippen LogP contribution in [0.2, 0.25) is 0 Å². The van der Waals surface area contributed by atoms with Gasteiger partial charge in [-0.1, -0.05) is 0 Å². The van der Waals surface area contributed by atoms with E-state index in [9.17, 15) is 4.79 Å². The monoisotopic (exact) mass is 223 g/mol. The van der Waals surface area contributed by atoms with Gasteiger partial charge < -0.3 is 21.1 Å². The fourth-order valence-electron chi connectivity index (χ4n) is 1.40. The van der Waals surface area contributed by atoms with Crippen molar-refractivity contribution in [1.82, 2.24) is 0 Å². The van der Waals surface area contributed by atoms with Crippen LogP contribution in [0.3, 0.4) is 0 Å². The topological polar surface area (TPSA) is 81.6 Å². The molecule has 0 aromatic heterocycles. The number of ether oxygens (including phenoxy) is 1. The van der Waals surface area contributed by atoms with Crippen molar-refractivity contribution in [3.05, 3.63) is 18.2 Å². The lowest BCUT2D eigenvalue weighted by Gasteiger charge is -2.18. The van der Waals surface area contributed by atoms with Gasteiger partial charge in [-0.25, -0.2) is 0 Å². The van der Waals surface area contributed by atoms with E-state index in [0.717, 1.165) is 5.69 Å². The third kappa shape index (κ3) is 3.34. The van der Waals surface area contributed by atoms with Crippen molar-refractivity contribution in [3.8, 4) is 5.75 Å². The summed E-state index contributed by atoms with van der Waals surface area (Å²) in [6.45, 7) is 2.62. The molecule has 1 aromatic rings. The number of nitrogens with two attached hydrogens (primary N) is 2. The Kier molecular flexibility index (Phi) is 3.99. The molecule has 0 bridgehead atoms. The SMILES string of the molecule is CCOc1cc(N)cc(N(C)CC(N)=O)c1. The molecular formula is C11H17N3O2. The molecule has 5 heteroatoms. The summed E-state index contributed by atoms with van der Waals surface area (Å²) in [5, 5.41) is 0. The van der Waals surface area contributed by atoms with E-state index in [4.69, 9.17) is 16.2 Å². The van der Waals surface area contributed by atoms with Crippen molar-refractivity contribution in [2.45, 2.75) is 6.92 Å². The molecule has 1 aromatic carbocycles. The van der Waals surface area contributed by atoms with E-state index < -0.39 is 0 Å². The average molecular weight is 223 g/mol. The van der Waals surface area contributed by atoms with Crippen molar-refractivity contribution < 1.29 is 9.53 Å². The molecule has 0 aliphatic carbocycles. The number of nitrogen functional groups attached to an aromatic ring is 1. The van der Waals surface area contributed by atoms with Gasteiger partial charge in [0.2, 0.25) is 5.91 Å². The largest absolute Gasteiger partial charge is 0.494 e. The van der Waals surface area contributed by atoms with Gasteiger partial charge in [0.1, 0.15) is 5.75 Å². The maximum atomic E-state index is 10.8. The maximum Gasteiger partial charge on any atom is 0.236 e. The first-order valence-corrected chi connectivity index (χ1v) is 5.05. The highest BCUT2D eigenvalue weighted by Gasteiger charge is 2.06. The highest BCUT2D eigenvalue weighted by molar-refractivity contribution is 5.79. The molecule has 0 spiro atoms. The summed E-state index contributed by atoms with van der Waals surface area (Å²) >= 11 is 0. The Morgan fingerprint density at radius 2 is 2.12 bits per heavy atom. The first kappa shape index (κ1) is 12.2. The zero-order valence-corrected chi connectivity index (χ0v) is 9.56. The molecule has 0 heterocycles. The molecule has 88 valence electrons. The van der Waals surface area contributed by atoms with Crippen LogP contribution in [0.4, 0.5) is 11.4 Å². The number of rotatable bonds is 5. The quantitative estimate of drug-likeness (QED) is 0.716. The number of primary amides is 1. The first-order valence-electron chi connectivity index (χ1n) is 5.05. The lowest BCUT2D eigenvalue weighted by Crippen LogP contribution is -2.30. The minimum Gasteiger partial charge on any atom is -0.494 e. The van der Waals surface area contributed by atoms with Crippen LogP contribution in [0.15, 0.2) is 18.2 Å². The Morgan fingerprint density at radius 1 is 1.44 bits per heavy atom. The number of benzene rings is 1. The number of anilines is 2. The van der Waals surface area contributed by atoms with Gasteiger partial charge in [-0.3, -0.25) is 4.79 Å². The molecule has 0 fully saturated rings. The van der Waals surface area contributed by atoms with Crippen LogP contribution in [0.1, 0.15) is 6.92 Å². The number of carbonyl (C=O) groups is 1. The van der Waals surface area contributed by atoms with Gasteiger partial charge in [0.25, 0.3) is 0 Å². The summed E-state index contributed by atoms with van der Waals surface area (Å²) in [4.78, 5) is 12.5. The number of hydrogen-bond donors (Lipinski definition) is 2. The van der Waals surface area contributed by atoms with E-state index >= 15 is 0 Å². The normalized spacial score (nSPS) is 9.88. The van der Waals surface area contributed by atoms with Crippen molar-refractivity contribution in [1.29, 1.82) is 0 Å². The third-order valence-electron chi connectivity index (χ3n) is 2.06. The number of likely N-dealkylation sites (N-methyl/N-ethyl adjacent to an activating group) is 1. The summed E-state index contributed by atoms with van der Waals surface area (Å²) in [5.74, 6) is 0.303. The predicted molar refractivity (Wildman–Crippen MR) is 64.5 cm³/mol. The van der Waals surface area contributed by atoms with Gasteiger partial charge in [0.15, 0.2) is 0 Å². The molecule has 5 nitrogen and oxygen atoms in total. The van der Waals surface area contributed by atoms with E-state index in [2.05, 4.69) is 0 Å². The lowest BCUT2D eigenvalue weighted by atomic mass is 10.2. The van der Waals surface area contributed by atoms with Crippen molar-refractivity contribution in [3.63, 3.8) is 0 Å². The fraction of sp³-hybridized carbons (Fsp3) is 0.364. The van der Waals surface area contributed by atoms with Crippen LogP contribution in [-0.4, -0.2) is 26.1 Å². The second-order valence-electron chi connectivity index (χ2n) is 3.52. The van der Waals surface area contributed by atoms with E-state index in [1.54, 1.807) is 24.1 Å². The van der Waals surface area contributed by atoms with Crippen molar-refractivity contribution >= 4 is 17.3 Å². The van der Waals surface area contributed by atoms with E-state index in [1.807, 2.05) is 13.0 Å². The molecule has 0 unspecified atom stereocenters. The molecule has 4 N–H and O–H groups in total. The molecule has 1 rings (SSSR count). The van der Waals surface area contributed by atoms with Gasteiger partial charge in [0, 0.05) is 30.6 Å². The zero-order valence-electron chi connectivity index (χ0n) is 9.56. The standard InChI is InChI=1S/C11H17N3O2/c1-3-16-10-5-8(12)4-9(6-10)14(2)7-11(13)15/h4-6H,3,7,12H2,1-2H3,(H2,13,15). The molecule has 16 heavy (non-hydrogen) atoms. The van der Waals surface area contributed by atoms with Gasteiger partial charge in [-0.05, 0) is 13.0 Å². The lowest BCUT2D eigenvalue weighted by molar-refractivity contribution is -0.116. The van der Waals surface area contributed by atoms with Gasteiger partial charge in [-0.2, -0.15) is 0 Å². The molecule has 0 saturated carbocycles. The Hall–Kier alpha value is -1.91. The average Bonchev–Trinajstić information content (AvgIpc) is 2.16. The van der Waals surface area contributed by atoms with Gasteiger partial charge in [0.05, 0.1) is 13.2 Å². The minimum absolute atomic E-state index is 0.148. The number of carbonyl (C=O) groups excluding carboxylic acids is 1. The number of amides is 1. The van der Waals surface area contributed by atoms with Gasteiger partial charge >= 0.3 is 0 Å². The molecule has 0 aliphatic heterocycles. The molecule has 0 radical (unpaired) electrons. The van der Waals surface area contributed by atoms with Crippen LogP contribution in [0.5, 0.6) is 5.75 Å². The summed E-state index contributed by atoms with van der Waals surface area (Å²) in [7, 11) is 1.77. The summed E-state index contributed by atoms with van der Waals surface area (Å²) < 4.78 is 5.36. The minimum atomic E-state index is -0.386. The van der Waals surface area contributed by atoms with E-state index in [1.165, 1.54) is 0 Å². The van der Waals surface area contributed by atoms with Crippen LogP contribution in [-0.2, 0) is 4.79 Å². The van der Waals surface area contributed by atoms with Crippen LogP contribution >= 0.6 is 0 Å². The summed E-state index contributed by atoms with van der Waals surface area (Å²) in [5.41, 5.74) is 12.3. The Morgan fingerprint density at radius 3 is 2.69 bits per heavy atom. The van der Waals surface area contributed by atoms with E-state index in [0.29, 0.717) is 18.0 Å². The van der Waals surface area contributed by atoms with Crippen molar-refractivity contribution in [2.75, 3.05) is 30.8 Å². The highest BCUT2D eigenvalue weighted by Crippen LogP contribution is 2.24. The summed E-state index contributed by atoms with van der Waals surface area (Å²) in [6.07, 6.45) is 0. The second-order valence-corrected chi connectivity index (χ2v) is 3.52. The highest BCUT2D eigenvalue weighted by atomic mass is 16.5. The van der Waals surface area contributed by atoms with Gasteiger partial charge in [-0.15, -0.1) is 0 Å². The van der Waals surface area contributed by atoms with Crippen LogP contribution in [0.25, 0.3) is 0 Å².